The third-order valence-corrected chi connectivity index (χ3v) is 7.36. The molecular formula is C24H22ClN3O2S. The number of carbonyl (C=O) groups is 2. The average molecular weight is 452 g/mol. The maximum absolute atomic E-state index is 13.7. The molecule has 1 N–H and O–H groups in total. The quantitative estimate of drug-likeness (QED) is 0.556. The maximum atomic E-state index is 13.7. The van der Waals surface area contributed by atoms with Crippen molar-refractivity contribution in [3.05, 3.63) is 81.1 Å². The van der Waals surface area contributed by atoms with Crippen molar-refractivity contribution in [3.63, 3.8) is 0 Å². The molecule has 0 spiro atoms. The van der Waals surface area contributed by atoms with Crippen LogP contribution < -0.4 is 5.32 Å². The molecule has 1 saturated carbocycles. The Kier molecular flexibility index (Phi) is 5.50. The summed E-state index contributed by atoms with van der Waals surface area (Å²) < 4.78 is 0. The minimum atomic E-state index is -0.523. The number of benzene rings is 1. The van der Waals surface area contributed by atoms with Crippen molar-refractivity contribution in [2.75, 3.05) is 5.32 Å². The van der Waals surface area contributed by atoms with Gasteiger partial charge in [-0.1, -0.05) is 48.7 Å². The Hall–Kier alpha value is -2.70. The first-order valence-electron chi connectivity index (χ1n) is 10.5. The van der Waals surface area contributed by atoms with Gasteiger partial charge < -0.3 is 10.2 Å². The summed E-state index contributed by atoms with van der Waals surface area (Å²) in [5.41, 5.74) is 1.39. The standard InChI is InChI=1S/C24H22ClN3O2S/c25-15-11-12-20(26-14-15)27-23(29)21-17-8-3-4-9-18(17)24(30)28(16-6-1-2-7-16)22(21)19-10-5-13-31-19/h3-5,8-14,16,21-22H,1-2,6-7H2,(H,26,27,29)/t21-,22-/m1/s1. The first kappa shape index (κ1) is 20.2. The Morgan fingerprint density at radius 1 is 1.10 bits per heavy atom. The number of amides is 2. The zero-order valence-electron chi connectivity index (χ0n) is 16.8. The number of anilines is 1. The van der Waals surface area contributed by atoms with E-state index in [4.69, 9.17) is 11.6 Å². The van der Waals surface area contributed by atoms with Crippen LogP contribution in [-0.4, -0.2) is 27.7 Å². The molecule has 1 fully saturated rings. The largest absolute Gasteiger partial charge is 0.327 e. The molecule has 7 heteroatoms. The van der Waals surface area contributed by atoms with E-state index in [1.807, 2.05) is 46.7 Å². The topological polar surface area (TPSA) is 62.3 Å². The molecule has 2 aromatic heterocycles. The predicted octanol–water partition coefficient (Wildman–Crippen LogP) is 5.66. The number of thiophene rings is 1. The Morgan fingerprint density at radius 3 is 2.61 bits per heavy atom. The number of pyridine rings is 1. The molecule has 31 heavy (non-hydrogen) atoms. The second-order valence-electron chi connectivity index (χ2n) is 8.03. The van der Waals surface area contributed by atoms with Crippen molar-refractivity contribution >= 4 is 40.6 Å². The lowest BCUT2D eigenvalue weighted by Crippen LogP contribution is -2.49. The van der Waals surface area contributed by atoms with Crippen molar-refractivity contribution in [2.24, 2.45) is 0 Å². The number of rotatable bonds is 4. The zero-order valence-corrected chi connectivity index (χ0v) is 18.4. The van der Waals surface area contributed by atoms with Gasteiger partial charge in [0, 0.05) is 22.7 Å². The molecule has 2 atom stereocenters. The van der Waals surface area contributed by atoms with Gasteiger partial charge in [-0.2, -0.15) is 0 Å². The van der Waals surface area contributed by atoms with Gasteiger partial charge in [0.05, 0.1) is 17.0 Å². The van der Waals surface area contributed by atoms with E-state index in [9.17, 15) is 9.59 Å². The highest BCUT2D eigenvalue weighted by Crippen LogP contribution is 2.47. The predicted molar refractivity (Wildman–Crippen MR) is 123 cm³/mol. The average Bonchev–Trinajstić information content (AvgIpc) is 3.49. The van der Waals surface area contributed by atoms with Gasteiger partial charge in [0.1, 0.15) is 5.82 Å². The highest BCUT2D eigenvalue weighted by atomic mass is 35.5. The van der Waals surface area contributed by atoms with Gasteiger partial charge in [-0.25, -0.2) is 4.98 Å². The van der Waals surface area contributed by atoms with Gasteiger partial charge >= 0.3 is 0 Å². The Morgan fingerprint density at radius 2 is 1.90 bits per heavy atom. The maximum Gasteiger partial charge on any atom is 0.254 e. The summed E-state index contributed by atoms with van der Waals surface area (Å²) in [6.07, 6.45) is 5.68. The summed E-state index contributed by atoms with van der Waals surface area (Å²) in [4.78, 5) is 34.6. The molecule has 1 aliphatic heterocycles. The lowest BCUT2D eigenvalue weighted by Gasteiger charge is -2.44. The van der Waals surface area contributed by atoms with E-state index in [1.54, 1.807) is 23.5 Å². The van der Waals surface area contributed by atoms with Crippen LogP contribution in [0.15, 0.2) is 60.1 Å². The Labute approximate surface area is 190 Å². The lowest BCUT2D eigenvalue weighted by molar-refractivity contribution is -0.119. The summed E-state index contributed by atoms with van der Waals surface area (Å²) >= 11 is 7.54. The summed E-state index contributed by atoms with van der Waals surface area (Å²) in [6, 6.07) is 14.7. The lowest BCUT2D eigenvalue weighted by atomic mass is 9.80. The first-order valence-corrected chi connectivity index (χ1v) is 11.8. The van der Waals surface area contributed by atoms with E-state index in [2.05, 4.69) is 10.3 Å². The number of halogens is 1. The van der Waals surface area contributed by atoms with Gasteiger partial charge in [0.2, 0.25) is 5.91 Å². The monoisotopic (exact) mass is 451 g/mol. The molecule has 0 saturated heterocycles. The van der Waals surface area contributed by atoms with Crippen LogP contribution in [0.2, 0.25) is 5.02 Å². The summed E-state index contributed by atoms with van der Waals surface area (Å²) in [6.45, 7) is 0. The molecule has 3 heterocycles. The van der Waals surface area contributed by atoms with Gasteiger partial charge in [-0.15, -0.1) is 11.3 Å². The summed E-state index contributed by atoms with van der Waals surface area (Å²) in [5, 5.41) is 5.47. The smallest absolute Gasteiger partial charge is 0.254 e. The number of fused-ring (bicyclic) bond motifs is 1. The molecule has 3 aromatic rings. The highest BCUT2D eigenvalue weighted by molar-refractivity contribution is 7.10. The molecule has 2 amide bonds. The van der Waals surface area contributed by atoms with Crippen LogP contribution in [0.4, 0.5) is 5.82 Å². The molecule has 5 rings (SSSR count). The fraction of sp³-hybridized carbons (Fsp3) is 0.292. The Bertz CT molecular complexity index is 1090. The SMILES string of the molecule is O=C(Nc1ccc(Cl)cn1)[C@@H]1c2ccccc2C(=O)N(C2CCCC2)[C@@H]1c1cccs1. The van der Waals surface area contributed by atoms with Gasteiger partial charge in [0.15, 0.2) is 0 Å². The second-order valence-corrected chi connectivity index (χ2v) is 9.44. The van der Waals surface area contributed by atoms with Crippen molar-refractivity contribution in [1.29, 1.82) is 0 Å². The summed E-state index contributed by atoms with van der Waals surface area (Å²) in [5.74, 6) is -0.225. The molecule has 0 bridgehead atoms. The van der Waals surface area contributed by atoms with Crippen LogP contribution in [0.3, 0.4) is 0 Å². The fourth-order valence-electron chi connectivity index (χ4n) is 4.83. The minimum Gasteiger partial charge on any atom is -0.327 e. The van der Waals surface area contributed by atoms with Crippen LogP contribution in [0, 0.1) is 0 Å². The molecule has 0 unspecified atom stereocenters. The highest BCUT2D eigenvalue weighted by Gasteiger charge is 2.47. The second kappa shape index (κ2) is 8.44. The van der Waals surface area contributed by atoms with E-state index < -0.39 is 5.92 Å². The number of hydrogen-bond donors (Lipinski definition) is 1. The van der Waals surface area contributed by atoms with E-state index in [-0.39, 0.29) is 23.9 Å². The molecular weight excluding hydrogens is 430 g/mol. The molecule has 0 radical (unpaired) electrons. The fourth-order valence-corrected chi connectivity index (χ4v) is 5.81. The molecule has 2 aliphatic rings. The van der Waals surface area contributed by atoms with Crippen LogP contribution in [0.5, 0.6) is 0 Å². The van der Waals surface area contributed by atoms with Crippen LogP contribution in [0.25, 0.3) is 0 Å². The van der Waals surface area contributed by atoms with Crippen LogP contribution in [-0.2, 0) is 4.79 Å². The van der Waals surface area contributed by atoms with Crippen molar-refractivity contribution < 1.29 is 9.59 Å². The first-order chi connectivity index (χ1) is 15.1. The third kappa shape index (κ3) is 3.75. The zero-order chi connectivity index (χ0) is 21.4. The number of hydrogen-bond acceptors (Lipinski definition) is 4. The minimum absolute atomic E-state index is 0.0227. The van der Waals surface area contributed by atoms with E-state index in [0.717, 1.165) is 36.1 Å². The number of carbonyl (C=O) groups excluding carboxylic acids is 2. The van der Waals surface area contributed by atoms with Crippen LogP contribution >= 0.6 is 22.9 Å². The van der Waals surface area contributed by atoms with Crippen molar-refractivity contribution in [3.8, 4) is 0 Å². The molecule has 1 aromatic carbocycles. The third-order valence-electron chi connectivity index (χ3n) is 6.19. The molecule has 5 nitrogen and oxygen atoms in total. The van der Waals surface area contributed by atoms with Gasteiger partial charge in [-0.3, -0.25) is 9.59 Å². The van der Waals surface area contributed by atoms with E-state index in [1.165, 1.54) is 6.20 Å². The number of nitrogens with one attached hydrogen (secondary N) is 1. The molecule has 158 valence electrons. The normalized spacial score (nSPS) is 21.2. The van der Waals surface area contributed by atoms with Gasteiger partial charge in [-0.05, 0) is 48.1 Å². The Balaban J connectivity index is 1.61. The van der Waals surface area contributed by atoms with Gasteiger partial charge in [0.25, 0.3) is 5.91 Å². The number of aromatic nitrogens is 1. The van der Waals surface area contributed by atoms with E-state index in [0.29, 0.717) is 16.4 Å². The van der Waals surface area contributed by atoms with Crippen LogP contribution in [0.1, 0.15) is 58.4 Å². The summed E-state index contributed by atoms with van der Waals surface area (Å²) in [7, 11) is 0. The molecule has 1 aliphatic carbocycles. The number of nitrogens with zero attached hydrogens (tertiary/aromatic N) is 2. The van der Waals surface area contributed by atoms with Crippen molar-refractivity contribution in [1.82, 2.24) is 9.88 Å². The van der Waals surface area contributed by atoms with Crippen molar-refractivity contribution in [2.45, 2.75) is 43.7 Å². The van der Waals surface area contributed by atoms with E-state index >= 15 is 0 Å².